The Kier molecular flexibility index (Phi) is 4.81. The molecule has 0 unspecified atom stereocenters. The first-order valence-corrected chi connectivity index (χ1v) is 8.74. The lowest BCUT2D eigenvalue weighted by Crippen LogP contribution is -2.35. The summed E-state index contributed by atoms with van der Waals surface area (Å²) in [7, 11) is 0. The molecule has 130 valence electrons. The van der Waals surface area contributed by atoms with Crippen molar-refractivity contribution in [3.8, 4) is 0 Å². The minimum absolute atomic E-state index is 0.201. The number of allylic oxidation sites excluding steroid dienone is 4. The van der Waals surface area contributed by atoms with Crippen molar-refractivity contribution in [2.24, 2.45) is 5.92 Å². The van der Waals surface area contributed by atoms with Crippen LogP contribution in [0.25, 0.3) is 15.8 Å². The largest absolute Gasteiger partial charge is 0.302 e. The molecule has 1 heterocycles. The van der Waals surface area contributed by atoms with Gasteiger partial charge in [-0.2, -0.15) is 0 Å². The highest BCUT2D eigenvalue weighted by molar-refractivity contribution is 7.22. The molecule has 1 amide bonds. The maximum absolute atomic E-state index is 13.8. The number of thiazole rings is 1. The normalized spacial score (nSPS) is 20.6. The number of halogens is 2. The van der Waals surface area contributed by atoms with Gasteiger partial charge < -0.3 is 5.32 Å². The lowest BCUT2D eigenvalue weighted by atomic mass is 9.83. The molecule has 0 spiro atoms. The lowest BCUT2D eigenvalue weighted by Gasteiger charge is -2.27. The standard InChI is InChI=1S/C19H18F2N2OS/c1-4-10(2)17(11(3)20)12-5-6-15-16(9-12)25-19(22-15)23-18(24)13-7-14(21)8-13/h4-6,9,13-14H,1,3,7-8H2,2H3,(H,22,23,24)/b17-10+/t13-,14+. The lowest BCUT2D eigenvalue weighted by molar-refractivity contribution is -0.124. The van der Waals surface area contributed by atoms with Gasteiger partial charge in [-0.25, -0.2) is 13.8 Å². The Morgan fingerprint density at radius 2 is 2.16 bits per heavy atom. The minimum Gasteiger partial charge on any atom is -0.302 e. The van der Waals surface area contributed by atoms with Crippen LogP contribution in [-0.4, -0.2) is 17.1 Å². The van der Waals surface area contributed by atoms with Gasteiger partial charge in [0.2, 0.25) is 5.91 Å². The van der Waals surface area contributed by atoms with Crippen molar-refractivity contribution in [2.75, 3.05) is 5.32 Å². The monoisotopic (exact) mass is 360 g/mol. The molecule has 1 aromatic carbocycles. The zero-order valence-corrected chi connectivity index (χ0v) is 14.6. The van der Waals surface area contributed by atoms with E-state index in [2.05, 4.69) is 23.5 Å². The molecule has 1 aliphatic carbocycles. The number of nitrogens with zero attached hydrogens (tertiary/aromatic N) is 1. The zero-order chi connectivity index (χ0) is 18.1. The average Bonchev–Trinajstić information content (AvgIpc) is 2.92. The number of carbonyl (C=O) groups excluding carboxylic acids is 1. The number of alkyl halides is 1. The number of benzene rings is 1. The van der Waals surface area contributed by atoms with Gasteiger partial charge in [-0.15, -0.1) is 0 Å². The number of anilines is 1. The minimum atomic E-state index is -0.874. The highest BCUT2D eigenvalue weighted by Gasteiger charge is 2.34. The van der Waals surface area contributed by atoms with E-state index in [1.165, 1.54) is 11.3 Å². The van der Waals surface area contributed by atoms with E-state index in [-0.39, 0.29) is 24.7 Å². The second-order valence-electron chi connectivity index (χ2n) is 6.12. The van der Waals surface area contributed by atoms with E-state index < -0.39 is 12.0 Å². The van der Waals surface area contributed by atoms with Crippen LogP contribution in [0.5, 0.6) is 0 Å². The molecule has 0 bridgehead atoms. The van der Waals surface area contributed by atoms with E-state index in [1.807, 2.05) is 6.07 Å². The Hall–Kier alpha value is -2.34. The van der Waals surface area contributed by atoms with E-state index in [1.54, 1.807) is 25.1 Å². The summed E-state index contributed by atoms with van der Waals surface area (Å²) in [5.41, 5.74) is 2.48. The summed E-state index contributed by atoms with van der Waals surface area (Å²) < 4.78 is 27.5. The fourth-order valence-electron chi connectivity index (χ4n) is 2.80. The predicted octanol–water partition coefficient (Wildman–Crippen LogP) is 5.43. The number of carbonyl (C=O) groups is 1. The predicted molar refractivity (Wildman–Crippen MR) is 98.9 cm³/mol. The molecular weight excluding hydrogens is 342 g/mol. The van der Waals surface area contributed by atoms with E-state index in [0.717, 1.165) is 4.70 Å². The summed E-state index contributed by atoms with van der Waals surface area (Å²) in [6, 6.07) is 5.36. The fourth-order valence-corrected chi connectivity index (χ4v) is 3.71. The molecule has 1 fully saturated rings. The topological polar surface area (TPSA) is 42.0 Å². The third-order valence-electron chi connectivity index (χ3n) is 4.33. The van der Waals surface area contributed by atoms with E-state index >= 15 is 0 Å². The molecule has 2 aromatic rings. The van der Waals surface area contributed by atoms with Gasteiger partial charge in [-0.1, -0.05) is 36.6 Å². The molecule has 25 heavy (non-hydrogen) atoms. The summed E-state index contributed by atoms with van der Waals surface area (Å²) in [5, 5.41) is 3.20. The number of rotatable bonds is 5. The summed E-state index contributed by atoms with van der Waals surface area (Å²) in [6.07, 6.45) is 1.25. The van der Waals surface area contributed by atoms with Gasteiger partial charge in [0.25, 0.3) is 0 Å². The highest BCUT2D eigenvalue weighted by Crippen LogP contribution is 2.34. The molecule has 3 rings (SSSR count). The highest BCUT2D eigenvalue weighted by atomic mass is 32.1. The first-order valence-electron chi connectivity index (χ1n) is 7.93. The van der Waals surface area contributed by atoms with Crippen LogP contribution in [0.4, 0.5) is 13.9 Å². The van der Waals surface area contributed by atoms with Gasteiger partial charge in [-0.3, -0.25) is 4.79 Å². The van der Waals surface area contributed by atoms with Crippen LogP contribution in [0.15, 0.2) is 48.8 Å². The molecule has 0 atom stereocenters. The fraction of sp³-hybridized carbons (Fsp3) is 0.263. The molecule has 0 aliphatic heterocycles. The van der Waals surface area contributed by atoms with Crippen molar-refractivity contribution < 1.29 is 13.6 Å². The van der Waals surface area contributed by atoms with Crippen LogP contribution in [0, 0.1) is 5.92 Å². The summed E-state index contributed by atoms with van der Waals surface area (Å²) in [6.45, 7) is 8.84. The van der Waals surface area contributed by atoms with E-state index in [4.69, 9.17) is 0 Å². The third-order valence-corrected chi connectivity index (χ3v) is 5.26. The summed E-state index contributed by atoms with van der Waals surface area (Å²) >= 11 is 1.30. The first kappa shape index (κ1) is 17.5. The van der Waals surface area contributed by atoms with Crippen molar-refractivity contribution in [2.45, 2.75) is 25.9 Å². The molecule has 1 aromatic heterocycles. The van der Waals surface area contributed by atoms with Gasteiger partial charge in [0, 0.05) is 11.5 Å². The van der Waals surface area contributed by atoms with Crippen LogP contribution in [-0.2, 0) is 4.79 Å². The molecule has 0 saturated heterocycles. The van der Waals surface area contributed by atoms with Crippen LogP contribution in [0.3, 0.4) is 0 Å². The Morgan fingerprint density at radius 1 is 1.44 bits per heavy atom. The number of hydrogen-bond donors (Lipinski definition) is 1. The van der Waals surface area contributed by atoms with Gasteiger partial charge >= 0.3 is 0 Å². The maximum Gasteiger partial charge on any atom is 0.229 e. The van der Waals surface area contributed by atoms with Crippen LogP contribution >= 0.6 is 11.3 Å². The maximum atomic E-state index is 13.8. The van der Waals surface area contributed by atoms with E-state index in [0.29, 0.717) is 27.4 Å². The molecule has 1 saturated carbocycles. The van der Waals surface area contributed by atoms with Crippen molar-refractivity contribution in [1.82, 2.24) is 4.98 Å². The summed E-state index contributed by atoms with van der Waals surface area (Å²) in [5.74, 6) is -1.01. The van der Waals surface area contributed by atoms with Crippen LogP contribution in [0.1, 0.15) is 25.3 Å². The number of aromatic nitrogens is 1. The zero-order valence-electron chi connectivity index (χ0n) is 13.8. The first-order chi connectivity index (χ1) is 11.9. The van der Waals surface area contributed by atoms with Crippen molar-refractivity contribution in [3.63, 3.8) is 0 Å². The SMILES string of the molecule is C=C/C(C)=C(\C(=C)F)c1ccc2nc(NC(=O)[C@H]3C[C@@H](F)C3)sc2c1. The van der Waals surface area contributed by atoms with E-state index in [9.17, 15) is 13.6 Å². The second-order valence-corrected chi connectivity index (χ2v) is 7.15. The molecule has 6 heteroatoms. The quantitative estimate of drug-likeness (QED) is 0.723. The van der Waals surface area contributed by atoms with Crippen LogP contribution in [0.2, 0.25) is 0 Å². The molecule has 1 N–H and O–H groups in total. The molecule has 1 aliphatic rings. The van der Waals surface area contributed by atoms with Gasteiger partial charge in [0.15, 0.2) is 5.13 Å². The Bertz CT molecular complexity index is 894. The Labute approximate surface area is 148 Å². The average molecular weight is 360 g/mol. The molecular formula is C19H18F2N2OS. The van der Waals surface area contributed by atoms with Crippen molar-refractivity contribution in [3.05, 3.63) is 54.4 Å². The number of amides is 1. The molecule has 3 nitrogen and oxygen atoms in total. The summed E-state index contributed by atoms with van der Waals surface area (Å²) in [4.78, 5) is 16.4. The number of fused-ring (bicyclic) bond motifs is 1. The van der Waals surface area contributed by atoms with Gasteiger partial charge in [-0.05, 0) is 43.0 Å². The van der Waals surface area contributed by atoms with Gasteiger partial charge in [0.05, 0.1) is 10.2 Å². The smallest absolute Gasteiger partial charge is 0.229 e. The van der Waals surface area contributed by atoms with Crippen molar-refractivity contribution >= 4 is 38.2 Å². The van der Waals surface area contributed by atoms with Crippen molar-refractivity contribution in [1.29, 1.82) is 0 Å². The Balaban J connectivity index is 1.88. The van der Waals surface area contributed by atoms with Crippen LogP contribution < -0.4 is 5.32 Å². The van der Waals surface area contributed by atoms with Gasteiger partial charge in [0.1, 0.15) is 12.0 Å². The number of hydrogen-bond acceptors (Lipinski definition) is 3. The Morgan fingerprint density at radius 3 is 2.76 bits per heavy atom. The number of nitrogens with one attached hydrogen (secondary N) is 1. The second kappa shape index (κ2) is 6.88. The molecule has 0 radical (unpaired) electrons. The third kappa shape index (κ3) is 3.54.